The highest BCUT2D eigenvalue weighted by Gasteiger charge is 2.24. The maximum Gasteiger partial charge on any atom is 0.255 e. The third-order valence-corrected chi connectivity index (χ3v) is 6.83. The largest absolute Gasteiger partial charge is 0.334 e. The summed E-state index contributed by atoms with van der Waals surface area (Å²) in [7, 11) is 0. The van der Waals surface area contributed by atoms with Gasteiger partial charge in [0.25, 0.3) is 11.5 Å². The van der Waals surface area contributed by atoms with E-state index in [-0.39, 0.29) is 23.9 Å². The van der Waals surface area contributed by atoms with Crippen molar-refractivity contribution >= 4 is 28.4 Å². The van der Waals surface area contributed by atoms with Gasteiger partial charge in [0.1, 0.15) is 6.54 Å². The van der Waals surface area contributed by atoms with E-state index in [0.717, 1.165) is 12.0 Å². The predicted octanol–water partition coefficient (Wildman–Crippen LogP) is 4.96. The Morgan fingerprint density at radius 1 is 0.917 bits per heavy atom. The third-order valence-electron chi connectivity index (χ3n) is 6.83. The molecule has 0 unspecified atom stereocenters. The summed E-state index contributed by atoms with van der Waals surface area (Å²) in [5, 5.41) is 3.54. The molecule has 0 fully saturated rings. The van der Waals surface area contributed by atoms with E-state index in [4.69, 9.17) is 0 Å². The highest BCUT2D eigenvalue weighted by atomic mass is 16.2. The van der Waals surface area contributed by atoms with Crippen LogP contribution >= 0.6 is 0 Å². The topological polar surface area (TPSA) is 71.4 Å². The number of aromatic nitrogens is 1. The van der Waals surface area contributed by atoms with Crippen molar-refractivity contribution in [3.8, 4) is 0 Å². The minimum absolute atomic E-state index is 0.142. The van der Waals surface area contributed by atoms with Gasteiger partial charge in [-0.2, -0.15) is 0 Å². The minimum Gasteiger partial charge on any atom is -0.334 e. The van der Waals surface area contributed by atoms with Gasteiger partial charge >= 0.3 is 0 Å². The molecule has 1 aliphatic rings. The van der Waals surface area contributed by atoms with Crippen molar-refractivity contribution in [1.29, 1.82) is 0 Å². The molecule has 0 atom stereocenters. The molecule has 36 heavy (non-hydrogen) atoms. The molecule has 0 aliphatic carbocycles. The smallest absolute Gasteiger partial charge is 0.255 e. The molecule has 0 bridgehead atoms. The van der Waals surface area contributed by atoms with Crippen molar-refractivity contribution < 1.29 is 9.59 Å². The second-order valence-corrected chi connectivity index (χ2v) is 9.57. The molecule has 2 amide bonds. The summed E-state index contributed by atoms with van der Waals surface area (Å²) < 4.78 is 1.43. The summed E-state index contributed by atoms with van der Waals surface area (Å²) in [6, 6.07) is 24.5. The molecule has 4 aromatic rings. The average molecular weight is 480 g/mol. The first-order chi connectivity index (χ1) is 17.4. The first kappa shape index (κ1) is 23.5. The van der Waals surface area contributed by atoms with Gasteiger partial charge in [-0.15, -0.1) is 0 Å². The first-order valence-electron chi connectivity index (χ1n) is 12.3. The van der Waals surface area contributed by atoms with Crippen LogP contribution < -0.4 is 10.9 Å². The lowest BCUT2D eigenvalue weighted by Gasteiger charge is -2.29. The van der Waals surface area contributed by atoms with E-state index < -0.39 is 0 Å². The summed E-state index contributed by atoms with van der Waals surface area (Å²) >= 11 is 0. The molecule has 0 radical (unpaired) electrons. The maximum atomic E-state index is 13.5. The zero-order valence-corrected chi connectivity index (χ0v) is 20.5. The van der Waals surface area contributed by atoms with Crippen LogP contribution in [0.25, 0.3) is 10.9 Å². The highest BCUT2D eigenvalue weighted by molar-refractivity contribution is 6.06. The van der Waals surface area contributed by atoms with Crippen molar-refractivity contribution in [3.63, 3.8) is 0 Å². The van der Waals surface area contributed by atoms with Crippen LogP contribution in [0, 0.1) is 0 Å². The number of pyridine rings is 1. The zero-order valence-electron chi connectivity index (χ0n) is 20.5. The molecule has 5 rings (SSSR count). The Labute approximate surface area is 210 Å². The molecule has 182 valence electrons. The van der Waals surface area contributed by atoms with Gasteiger partial charge in [-0.05, 0) is 47.2 Å². The van der Waals surface area contributed by atoms with Crippen molar-refractivity contribution in [2.24, 2.45) is 0 Å². The number of benzene rings is 3. The lowest BCUT2D eigenvalue weighted by molar-refractivity contribution is -0.116. The van der Waals surface area contributed by atoms with Crippen LogP contribution in [0.1, 0.15) is 46.8 Å². The summed E-state index contributed by atoms with van der Waals surface area (Å²) in [5.74, 6) is -0.0634. The molecule has 1 aromatic heterocycles. The van der Waals surface area contributed by atoms with Crippen LogP contribution in [0.15, 0.2) is 83.7 Å². The lowest BCUT2D eigenvalue weighted by atomic mass is 9.98. The van der Waals surface area contributed by atoms with Crippen LogP contribution in [-0.4, -0.2) is 27.8 Å². The predicted molar refractivity (Wildman–Crippen MR) is 142 cm³/mol. The summed E-state index contributed by atoms with van der Waals surface area (Å²) in [6.45, 7) is 5.21. The summed E-state index contributed by atoms with van der Waals surface area (Å²) in [6.07, 6.45) is 0.787. The van der Waals surface area contributed by atoms with Gasteiger partial charge in [-0.25, -0.2) is 0 Å². The van der Waals surface area contributed by atoms with E-state index in [1.54, 1.807) is 11.0 Å². The molecule has 2 heterocycles. The molecule has 1 N–H and O–H groups in total. The Morgan fingerprint density at radius 3 is 2.36 bits per heavy atom. The Morgan fingerprint density at radius 2 is 1.61 bits per heavy atom. The summed E-state index contributed by atoms with van der Waals surface area (Å²) in [4.78, 5) is 41.3. The minimum atomic E-state index is -0.375. The number of carbonyl (C=O) groups excluding carboxylic acids is 2. The van der Waals surface area contributed by atoms with Crippen LogP contribution in [0.2, 0.25) is 0 Å². The van der Waals surface area contributed by atoms with E-state index in [1.165, 1.54) is 21.8 Å². The van der Waals surface area contributed by atoms with Gasteiger partial charge in [0.15, 0.2) is 0 Å². The fourth-order valence-electron chi connectivity index (χ4n) is 4.81. The zero-order chi connectivity index (χ0) is 25.2. The number of anilines is 1. The molecule has 0 spiro atoms. The van der Waals surface area contributed by atoms with Crippen LogP contribution in [0.3, 0.4) is 0 Å². The third kappa shape index (κ3) is 4.67. The molecule has 6 nitrogen and oxygen atoms in total. The highest BCUT2D eigenvalue weighted by Crippen LogP contribution is 2.24. The number of nitrogens with one attached hydrogen (secondary N) is 1. The Balaban J connectivity index is 1.41. The second-order valence-electron chi connectivity index (χ2n) is 9.57. The second kappa shape index (κ2) is 9.82. The fraction of sp³-hybridized carbons (Fsp3) is 0.233. The Kier molecular flexibility index (Phi) is 6.42. The quantitative estimate of drug-likeness (QED) is 0.440. The summed E-state index contributed by atoms with van der Waals surface area (Å²) in [5.41, 5.74) is 4.82. The standard InChI is InChI=1S/C30H29N3O3/c1-20(2)21-11-13-24(14-12-21)31-28(34)19-33-27-10-6-5-9-25(27)26(17-29(33)35)30(36)32-16-15-22-7-3-4-8-23(22)18-32/h3-14,17,20H,15-16,18-19H2,1-2H3,(H,31,34). The monoisotopic (exact) mass is 479 g/mol. The molecule has 3 aromatic carbocycles. The van der Waals surface area contributed by atoms with E-state index in [0.29, 0.717) is 41.2 Å². The molecule has 1 aliphatic heterocycles. The molecule has 0 saturated heterocycles. The van der Waals surface area contributed by atoms with E-state index >= 15 is 0 Å². The van der Waals surface area contributed by atoms with Crippen molar-refractivity contribution in [2.45, 2.75) is 39.3 Å². The van der Waals surface area contributed by atoms with Crippen molar-refractivity contribution in [2.75, 3.05) is 11.9 Å². The van der Waals surface area contributed by atoms with E-state index in [9.17, 15) is 14.4 Å². The maximum absolute atomic E-state index is 13.5. The number of hydrogen-bond acceptors (Lipinski definition) is 3. The number of nitrogens with zero attached hydrogens (tertiary/aromatic N) is 2. The number of fused-ring (bicyclic) bond motifs is 2. The van der Waals surface area contributed by atoms with Gasteiger partial charge in [0.05, 0.1) is 11.1 Å². The number of rotatable bonds is 5. The van der Waals surface area contributed by atoms with Crippen LogP contribution in [0.5, 0.6) is 0 Å². The van der Waals surface area contributed by atoms with Gasteiger partial charge in [0.2, 0.25) is 5.91 Å². The number of amides is 2. The van der Waals surface area contributed by atoms with Crippen molar-refractivity contribution in [1.82, 2.24) is 9.47 Å². The van der Waals surface area contributed by atoms with Gasteiger partial charge in [-0.1, -0.05) is 68.4 Å². The lowest BCUT2D eigenvalue weighted by Crippen LogP contribution is -2.37. The Hall–Kier alpha value is -4.19. The average Bonchev–Trinajstić information content (AvgIpc) is 2.89. The fourth-order valence-corrected chi connectivity index (χ4v) is 4.81. The normalized spacial score (nSPS) is 13.0. The van der Waals surface area contributed by atoms with Gasteiger partial charge in [0, 0.05) is 30.2 Å². The molecule has 6 heteroatoms. The number of hydrogen-bond donors (Lipinski definition) is 1. The van der Waals surface area contributed by atoms with Gasteiger partial charge < -0.3 is 10.2 Å². The first-order valence-corrected chi connectivity index (χ1v) is 12.3. The number of carbonyl (C=O) groups is 2. The van der Waals surface area contributed by atoms with Crippen LogP contribution in [0.4, 0.5) is 5.69 Å². The number of para-hydroxylation sites is 1. The SMILES string of the molecule is CC(C)c1ccc(NC(=O)Cn2c(=O)cc(C(=O)N3CCc4ccccc4C3)c3ccccc32)cc1. The molecule has 0 saturated carbocycles. The molecular formula is C30H29N3O3. The van der Waals surface area contributed by atoms with E-state index in [2.05, 4.69) is 25.2 Å². The van der Waals surface area contributed by atoms with Crippen molar-refractivity contribution in [3.05, 3.63) is 111 Å². The van der Waals surface area contributed by atoms with Crippen LogP contribution in [-0.2, 0) is 24.3 Å². The Bertz CT molecular complexity index is 1500. The van der Waals surface area contributed by atoms with Gasteiger partial charge in [-0.3, -0.25) is 19.0 Å². The molecular weight excluding hydrogens is 450 g/mol. The van der Waals surface area contributed by atoms with E-state index in [1.807, 2.05) is 60.7 Å².